The molecule has 9 nitrogen and oxygen atoms in total. The third kappa shape index (κ3) is 4.36. The largest absolute Gasteiger partial charge is 0.368 e. The van der Waals surface area contributed by atoms with Gasteiger partial charge in [-0.1, -0.05) is 30.3 Å². The van der Waals surface area contributed by atoms with E-state index < -0.39 is 17.9 Å². The molecule has 6 N–H and O–H groups in total. The van der Waals surface area contributed by atoms with Crippen molar-refractivity contribution in [2.45, 2.75) is 13.0 Å². The van der Waals surface area contributed by atoms with E-state index in [-0.39, 0.29) is 17.3 Å². The molecule has 1 aromatic carbocycles. The van der Waals surface area contributed by atoms with Crippen molar-refractivity contribution in [1.82, 2.24) is 14.3 Å². The summed E-state index contributed by atoms with van der Waals surface area (Å²) in [6.45, 7) is 1.84. The van der Waals surface area contributed by atoms with E-state index in [2.05, 4.69) is 25.0 Å². The van der Waals surface area contributed by atoms with Gasteiger partial charge in [0.25, 0.3) is 5.91 Å². The fourth-order valence-corrected chi connectivity index (χ4v) is 3.04. The molecular formula is C17H17N7O2S. The van der Waals surface area contributed by atoms with Crippen LogP contribution in [0.5, 0.6) is 0 Å². The molecule has 10 heteroatoms. The van der Waals surface area contributed by atoms with Gasteiger partial charge < -0.3 is 22.1 Å². The first-order valence-corrected chi connectivity index (χ1v) is 8.69. The summed E-state index contributed by atoms with van der Waals surface area (Å²) in [5, 5.41) is 6.60. The quantitative estimate of drug-likeness (QED) is 0.485. The Morgan fingerprint density at radius 3 is 2.52 bits per heavy atom. The van der Waals surface area contributed by atoms with E-state index in [4.69, 9.17) is 11.5 Å². The molecule has 27 heavy (non-hydrogen) atoms. The van der Waals surface area contributed by atoms with E-state index in [1.54, 1.807) is 30.3 Å². The van der Waals surface area contributed by atoms with Crippen LogP contribution in [0.1, 0.15) is 27.8 Å². The lowest BCUT2D eigenvalue weighted by atomic mass is 10.1. The maximum atomic E-state index is 11.9. The highest BCUT2D eigenvalue weighted by molar-refractivity contribution is 7.10. The number of aryl methyl sites for hydroxylation is 1. The van der Waals surface area contributed by atoms with Gasteiger partial charge in [-0.25, -0.2) is 9.97 Å². The fourth-order valence-electron chi connectivity index (χ4n) is 2.38. The van der Waals surface area contributed by atoms with Crippen LogP contribution < -0.4 is 22.1 Å². The normalized spacial score (nSPS) is 11.6. The molecule has 3 rings (SSSR count). The summed E-state index contributed by atoms with van der Waals surface area (Å²) >= 11 is 1.21. The minimum absolute atomic E-state index is 0.0260. The van der Waals surface area contributed by atoms with Gasteiger partial charge in [0.15, 0.2) is 11.5 Å². The Hall–Kier alpha value is -3.53. The van der Waals surface area contributed by atoms with E-state index >= 15 is 0 Å². The molecule has 2 heterocycles. The summed E-state index contributed by atoms with van der Waals surface area (Å²) in [7, 11) is 0. The number of hydrogen-bond donors (Lipinski definition) is 4. The Morgan fingerprint density at radius 1 is 1.19 bits per heavy atom. The Balaban J connectivity index is 1.92. The summed E-state index contributed by atoms with van der Waals surface area (Å²) < 4.78 is 4.16. The molecule has 0 spiro atoms. The van der Waals surface area contributed by atoms with Gasteiger partial charge in [-0.15, -0.1) is 0 Å². The Labute approximate surface area is 159 Å². The van der Waals surface area contributed by atoms with Crippen molar-refractivity contribution >= 4 is 40.0 Å². The highest BCUT2D eigenvalue weighted by Crippen LogP contribution is 2.24. The second-order valence-corrected chi connectivity index (χ2v) is 6.47. The lowest BCUT2D eigenvalue weighted by Crippen LogP contribution is -2.28. The summed E-state index contributed by atoms with van der Waals surface area (Å²) in [6.07, 6.45) is 1.32. The molecule has 0 aliphatic heterocycles. The van der Waals surface area contributed by atoms with E-state index in [1.165, 1.54) is 17.7 Å². The summed E-state index contributed by atoms with van der Waals surface area (Å²) in [5.41, 5.74) is 12.4. The summed E-state index contributed by atoms with van der Waals surface area (Å²) in [6, 6.07) is 9.97. The van der Waals surface area contributed by atoms with Crippen LogP contribution in [0.15, 0.2) is 42.6 Å². The Kier molecular flexibility index (Phi) is 5.27. The number of anilines is 3. The summed E-state index contributed by atoms with van der Waals surface area (Å²) in [4.78, 5) is 31.9. The number of amides is 2. The molecule has 138 valence electrons. The fraction of sp³-hybridized carbons (Fsp3) is 0.118. The van der Waals surface area contributed by atoms with Crippen molar-refractivity contribution in [3.8, 4) is 0 Å². The van der Waals surface area contributed by atoms with Crippen LogP contribution in [-0.4, -0.2) is 26.2 Å². The zero-order valence-electron chi connectivity index (χ0n) is 14.3. The average Bonchev–Trinajstić information content (AvgIpc) is 3.05. The van der Waals surface area contributed by atoms with E-state index in [0.717, 1.165) is 5.69 Å². The van der Waals surface area contributed by atoms with Crippen LogP contribution >= 0.6 is 11.5 Å². The Bertz CT molecular complexity index is 974. The number of nitrogens with one attached hydrogen (secondary N) is 2. The van der Waals surface area contributed by atoms with E-state index in [1.807, 2.05) is 13.0 Å². The van der Waals surface area contributed by atoms with Crippen LogP contribution in [0, 0.1) is 6.92 Å². The van der Waals surface area contributed by atoms with Crippen LogP contribution in [0.25, 0.3) is 0 Å². The molecule has 0 radical (unpaired) electrons. The molecule has 1 atom stereocenters. The van der Waals surface area contributed by atoms with Crippen LogP contribution in [0.3, 0.4) is 0 Å². The number of hydrogen-bond acceptors (Lipinski definition) is 8. The highest BCUT2D eigenvalue weighted by atomic mass is 32.1. The number of benzene rings is 1. The van der Waals surface area contributed by atoms with Crippen LogP contribution in [0.2, 0.25) is 0 Å². The molecule has 0 bridgehead atoms. The molecule has 0 saturated heterocycles. The number of nitrogens with zero attached hydrogens (tertiary/aromatic N) is 3. The lowest BCUT2D eigenvalue weighted by molar-refractivity contribution is -0.118. The molecule has 0 saturated carbocycles. The third-order valence-corrected chi connectivity index (χ3v) is 4.38. The molecule has 0 aliphatic carbocycles. The van der Waals surface area contributed by atoms with Gasteiger partial charge in [0.05, 0.1) is 11.9 Å². The van der Waals surface area contributed by atoms with Crippen molar-refractivity contribution in [3.63, 3.8) is 0 Å². The average molecular weight is 383 g/mol. The molecule has 2 amide bonds. The highest BCUT2D eigenvalue weighted by Gasteiger charge is 2.20. The second kappa shape index (κ2) is 7.79. The molecule has 0 fully saturated rings. The van der Waals surface area contributed by atoms with Crippen molar-refractivity contribution in [2.75, 3.05) is 10.6 Å². The van der Waals surface area contributed by atoms with Gasteiger partial charge in [0.2, 0.25) is 5.91 Å². The number of aromatic nitrogens is 3. The number of carbonyl (C=O) groups excluding carboxylic acids is 2. The van der Waals surface area contributed by atoms with Crippen LogP contribution in [0.4, 0.5) is 16.6 Å². The van der Waals surface area contributed by atoms with Gasteiger partial charge >= 0.3 is 0 Å². The number of primary amides is 2. The van der Waals surface area contributed by atoms with Crippen molar-refractivity contribution in [3.05, 3.63) is 59.5 Å². The minimum Gasteiger partial charge on any atom is -0.368 e. The monoisotopic (exact) mass is 383 g/mol. The van der Waals surface area contributed by atoms with Gasteiger partial charge in [-0.2, -0.15) is 4.37 Å². The predicted octanol–water partition coefficient (Wildman–Crippen LogP) is 1.72. The zero-order valence-corrected chi connectivity index (χ0v) is 15.2. The van der Waals surface area contributed by atoms with Crippen molar-refractivity contribution in [1.29, 1.82) is 0 Å². The Morgan fingerprint density at radius 2 is 1.93 bits per heavy atom. The summed E-state index contributed by atoms with van der Waals surface area (Å²) in [5.74, 6) is -0.884. The van der Waals surface area contributed by atoms with Gasteiger partial charge in [0.1, 0.15) is 16.9 Å². The van der Waals surface area contributed by atoms with E-state index in [9.17, 15) is 9.59 Å². The van der Waals surface area contributed by atoms with Crippen molar-refractivity contribution < 1.29 is 9.59 Å². The molecular weight excluding hydrogens is 366 g/mol. The number of nitrogens with two attached hydrogens (primary N) is 2. The maximum absolute atomic E-state index is 11.9. The molecule has 0 aliphatic rings. The van der Waals surface area contributed by atoms with Gasteiger partial charge in [-0.3, -0.25) is 9.59 Å². The van der Waals surface area contributed by atoms with E-state index in [0.29, 0.717) is 10.6 Å². The number of carbonyl (C=O) groups is 2. The first-order chi connectivity index (χ1) is 12.9. The first-order valence-electron chi connectivity index (χ1n) is 7.92. The van der Waals surface area contributed by atoms with Crippen LogP contribution in [-0.2, 0) is 4.79 Å². The zero-order chi connectivity index (χ0) is 19.4. The predicted molar refractivity (Wildman–Crippen MR) is 103 cm³/mol. The minimum atomic E-state index is -0.807. The smallest absolute Gasteiger partial charge is 0.271 e. The lowest BCUT2D eigenvalue weighted by Gasteiger charge is -2.17. The van der Waals surface area contributed by atoms with Gasteiger partial charge in [0, 0.05) is 0 Å². The van der Waals surface area contributed by atoms with Crippen molar-refractivity contribution in [2.24, 2.45) is 11.5 Å². The SMILES string of the molecule is Cc1cc(Nc2nc(N[C@@H](C(N)=O)c3ccccc3)cnc2C(N)=O)sn1. The molecule has 3 aromatic rings. The maximum Gasteiger partial charge on any atom is 0.271 e. The number of rotatable bonds is 7. The molecule has 2 aromatic heterocycles. The van der Waals surface area contributed by atoms with Gasteiger partial charge in [-0.05, 0) is 30.1 Å². The second-order valence-electron chi connectivity index (χ2n) is 5.66. The first kappa shape index (κ1) is 18.3. The topological polar surface area (TPSA) is 149 Å². The third-order valence-electron chi connectivity index (χ3n) is 3.59. The standard InChI is InChI=1S/C17H17N7O2S/c1-9-7-12(27-24-9)23-17-14(16(19)26)20-8-11(22-17)21-13(15(18)25)10-5-3-2-4-6-10/h2-8,13H,1H3,(H2,18,25)(H2,19,26)(H2,21,22,23)/t13-/m1/s1. The molecule has 0 unspecified atom stereocenters.